The van der Waals surface area contributed by atoms with Gasteiger partial charge >= 0.3 is 0 Å². The third-order valence-electron chi connectivity index (χ3n) is 2.23. The van der Waals surface area contributed by atoms with Crippen LogP contribution >= 0.6 is 0 Å². The molecule has 0 atom stereocenters. The Morgan fingerprint density at radius 3 is 2.93 bits per heavy atom. The molecule has 0 spiro atoms. The van der Waals surface area contributed by atoms with Crippen LogP contribution in [0.25, 0.3) is 0 Å². The van der Waals surface area contributed by atoms with Crippen molar-refractivity contribution in [2.45, 2.75) is 6.42 Å². The maximum absolute atomic E-state index is 11.7. The number of sulfonamides is 1. The quantitative estimate of drug-likeness (QED) is 0.683. The highest BCUT2D eigenvalue weighted by Gasteiger charge is 2.22. The van der Waals surface area contributed by atoms with Gasteiger partial charge in [0.05, 0.1) is 12.4 Å². The Bertz CT molecular complexity index is 251. The average Bonchev–Trinajstić information content (AvgIpc) is 2.12. The van der Waals surface area contributed by atoms with E-state index in [-0.39, 0.29) is 5.75 Å². The Balaban J connectivity index is 2.56. The molecule has 14 heavy (non-hydrogen) atoms. The second kappa shape index (κ2) is 5.65. The largest absolute Gasteiger partial charge is 0.383 e. The van der Waals surface area contributed by atoms with Gasteiger partial charge in [-0.3, -0.25) is 0 Å². The Hall–Kier alpha value is -0.170. The number of hydrogen-bond acceptors (Lipinski definition) is 4. The van der Waals surface area contributed by atoms with E-state index in [1.165, 1.54) is 4.31 Å². The van der Waals surface area contributed by atoms with Gasteiger partial charge in [-0.15, -0.1) is 0 Å². The summed E-state index contributed by atoms with van der Waals surface area (Å²) in [5, 5.41) is 3.18. The molecule has 84 valence electrons. The van der Waals surface area contributed by atoms with Gasteiger partial charge in [0.15, 0.2) is 0 Å². The number of hydrogen-bond donors (Lipinski definition) is 1. The van der Waals surface area contributed by atoms with E-state index in [2.05, 4.69) is 5.32 Å². The standard InChI is InChI=1S/C8H18N2O3S/c1-13-7-6-10-5-4-9-3-2-8-14(10,11)12/h9H,2-8H2,1H3. The van der Waals surface area contributed by atoms with E-state index in [0.29, 0.717) is 26.1 Å². The van der Waals surface area contributed by atoms with Gasteiger partial charge in [-0.25, -0.2) is 8.42 Å². The summed E-state index contributed by atoms with van der Waals surface area (Å²) in [5.41, 5.74) is 0. The van der Waals surface area contributed by atoms with Gasteiger partial charge in [0.1, 0.15) is 0 Å². The van der Waals surface area contributed by atoms with Crippen LogP contribution in [0.15, 0.2) is 0 Å². The molecule has 0 aliphatic carbocycles. The zero-order chi connectivity index (χ0) is 10.4. The third-order valence-corrected chi connectivity index (χ3v) is 4.19. The molecule has 0 saturated carbocycles. The zero-order valence-corrected chi connectivity index (χ0v) is 9.35. The summed E-state index contributed by atoms with van der Waals surface area (Å²) in [6.45, 7) is 2.98. The summed E-state index contributed by atoms with van der Waals surface area (Å²) in [4.78, 5) is 0. The minimum atomic E-state index is -3.04. The SMILES string of the molecule is COCCN1CCNCCCS1(=O)=O. The number of rotatable bonds is 3. The van der Waals surface area contributed by atoms with Crippen molar-refractivity contribution in [3.8, 4) is 0 Å². The molecule has 0 unspecified atom stereocenters. The van der Waals surface area contributed by atoms with Crippen LogP contribution in [-0.2, 0) is 14.8 Å². The third kappa shape index (κ3) is 3.53. The zero-order valence-electron chi connectivity index (χ0n) is 8.53. The number of ether oxygens (including phenoxy) is 1. The fourth-order valence-corrected chi connectivity index (χ4v) is 2.91. The van der Waals surface area contributed by atoms with Crippen LogP contribution in [0.3, 0.4) is 0 Å². The average molecular weight is 222 g/mol. The van der Waals surface area contributed by atoms with E-state index in [1.807, 2.05) is 0 Å². The van der Waals surface area contributed by atoms with E-state index in [0.717, 1.165) is 13.1 Å². The summed E-state index contributed by atoms with van der Waals surface area (Å²) in [7, 11) is -1.46. The lowest BCUT2D eigenvalue weighted by atomic mass is 10.4. The van der Waals surface area contributed by atoms with E-state index in [1.54, 1.807) is 7.11 Å². The monoisotopic (exact) mass is 222 g/mol. The fourth-order valence-electron chi connectivity index (χ4n) is 1.42. The molecule has 1 aliphatic heterocycles. The Morgan fingerprint density at radius 2 is 2.21 bits per heavy atom. The first-order valence-electron chi connectivity index (χ1n) is 4.84. The van der Waals surface area contributed by atoms with Crippen LogP contribution in [0, 0.1) is 0 Å². The molecule has 1 N–H and O–H groups in total. The maximum atomic E-state index is 11.7. The molecule has 0 radical (unpaired) electrons. The maximum Gasteiger partial charge on any atom is 0.214 e. The fraction of sp³-hybridized carbons (Fsp3) is 1.00. The van der Waals surface area contributed by atoms with Crippen LogP contribution in [0.2, 0.25) is 0 Å². The molecular weight excluding hydrogens is 204 g/mol. The second-order valence-electron chi connectivity index (χ2n) is 3.31. The first kappa shape index (κ1) is 11.9. The molecule has 5 nitrogen and oxygen atoms in total. The normalized spacial score (nSPS) is 24.1. The van der Waals surface area contributed by atoms with Crippen molar-refractivity contribution in [1.29, 1.82) is 0 Å². The van der Waals surface area contributed by atoms with E-state index in [4.69, 9.17) is 4.74 Å². The Kier molecular flexibility index (Phi) is 4.80. The highest BCUT2D eigenvalue weighted by atomic mass is 32.2. The molecule has 0 aromatic heterocycles. The van der Waals surface area contributed by atoms with Crippen LogP contribution in [0.4, 0.5) is 0 Å². The number of methoxy groups -OCH3 is 1. The van der Waals surface area contributed by atoms with Gasteiger partial charge in [-0.2, -0.15) is 4.31 Å². The molecular formula is C8H18N2O3S. The predicted molar refractivity (Wildman–Crippen MR) is 54.7 cm³/mol. The molecule has 0 aromatic rings. The van der Waals surface area contributed by atoms with Crippen LogP contribution in [-0.4, -0.2) is 58.4 Å². The lowest BCUT2D eigenvalue weighted by Gasteiger charge is -2.24. The van der Waals surface area contributed by atoms with Crippen molar-refractivity contribution in [3.63, 3.8) is 0 Å². The van der Waals surface area contributed by atoms with Gasteiger partial charge in [-0.05, 0) is 13.0 Å². The van der Waals surface area contributed by atoms with Crippen molar-refractivity contribution < 1.29 is 13.2 Å². The minimum absolute atomic E-state index is 0.240. The van der Waals surface area contributed by atoms with E-state index in [9.17, 15) is 8.42 Å². The Labute approximate surface area is 85.5 Å². The predicted octanol–water partition coefficient (Wildman–Crippen LogP) is -0.742. The highest BCUT2D eigenvalue weighted by molar-refractivity contribution is 7.89. The summed E-state index contributed by atoms with van der Waals surface area (Å²) < 4.78 is 29.8. The molecule has 0 aromatic carbocycles. The van der Waals surface area contributed by atoms with Crippen LogP contribution in [0.1, 0.15) is 6.42 Å². The van der Waals surface area contributed by atoms with Gasteiger partial charge in [0.25, 0.3) is 0 Å². The summed E-state index contributed by atoms with van der Waals surface area (Å²) in [5.74, 6) is 0.240. The molecule has 0 amide bonds. The first-order valence-corrected chi connectivity index (χ1v) is 6.45. The highest BCUT2D eigenvalue weighted by Crippen LogP contribution is 2.04. The van der Waals surface area contributed by atoms with Crippen LogP contribution in [0.5, 0.6) is 0 Å². The van der Waals surface area contributed by atoms with Crippen molar-refractivity contribution in [2.24, 2.45) is 0 Å². The minimum Gasteiger partial charge on any atom is -0.383 e. The number of nitrogens with zero attached hydrogens (tertiary/aromatic N) is 1. The molecule has 1 rings (SSSR count). The number of nitrogens with one attached hydrogen (secondary N) is 1. The molecule has 1 aliphatic rings. The van der Waals surface area contributed by atoms with Crippen molar-refractivity contribution in [1.82, 2.24) is 9.62 Å². The first-order chi connectivity index (χ1) is 6.67. The molecule has 1 fully saturated rings. The summed E-state index contributed by atoms with van der Waals surface area (Å²) >= 11 is 0. The molecule has 0 bridgehead atoms. The van der Waals surface area contributed by atoms with Gasteiger partial charge in [0.2, 0.25) is 10.0 Å². The smallest absolute Gasteiger partial charge is 0.214 e. The topological polar surface area (TPSA) is 58.6 Å². The summed E-state index contributed by atoms with van der Waals surface area (Å²) in [6, 6.07) is 0. The lowest BCUT2D eigenvalue weighted by molar-refractivity contribution is 0.178. The van der Waals surface area contributed by atoms with Crippen molar-refractivity contribution in [2.75, 3.05) is 45.6 Å². The molecule has 6 heteroatoms. The molecule has 1 heterocycles. The lowest BCUT2D eigenvalue weighted by Crippen LogP contribution is -2.43. The van der Waals surface area contributed by atoms with Gasteiger partial charge < -0.3 is 10.1 Å². The van der Waals surface area contributed by atoms with E-state index >= 15 is 0 Å². The van der Waals surface area contributed by atoms with Crippen molar-refractivity contribution >= 4 is 10.0 Å². The second-order valence-corrected chi connectivity index (χ2v) is 5.40. The van der Waals surface area contributed by atoms with Gasteiger partial charge in [0, 0.05) is 26.7 Å². The van der Waals surface area contributed by atoms with E-state index < -0.39 is 10.0 Å². The van der Waals surface area contributed by atoms with Gasteiger partial charge in [-0.1, -0.05) is 0 Å². The summed E-state index contributed by atoms with van der Waals surface area (Å²) in [6.07, 6.45) is 0.686. The molecule has 1 saturated heterocycles. The van der Waals surface area contributed by atoms with Crippen molar-refractivity contribution in [3.05, 3.63) is 0 Å². The Morgan fingerprint density at radius 1 is 1.43 bits per heavy atom. The van der Waals surface area contributed by atoms with Crippen LogP contribution < -0.4 is 5.32 Å².